The average Bonchev–Trinajstić information content (AvgIpc) is 3.01. The smallest absolute Gasteiger partial charge is 0.223 e. The molecule has 3 atom stereocenters. The van der Waals surface area contributed by atoms with Crippen LogP contribution in [-0.4, -0.2) is 30.3 Å². The highest BCUT2D eigenvalue weighted by atomic mass is 32.1. The maximum atomic E-state index is 12.3. The molecule has 2 heterocycles. The number of aliphatic hydroxyl groups is 1. The van der Waals surface area contributed by atoms with E-state index in [1.165, 1.54) is 0 Å². The lowest BCUT2D eigenvalue weighted by Gasteiger charge is -2.28. The number of amides is 1. The van der Waals surface area contributed by atoms with E-state index in [9.17, 15) is 9.90 Å². The molecule has 0 bridgehead atoms. The molecule has 2 rings (SSSR count). The van der Waals surface area contributed by atoms with Gasteiger partial charge in [-0.15, -0.1) is 11.3 Å². The third kappa shape index (κ3) is 4.80. The predicted octanol–water partition coefficient (Wildman–Crippen LogP) is 2.74. The molecule has 0 radical (unpaired) electrons. The molecule has 1 amide bonds. The van der Waals surface area contributed by atoms with Crippen LogP contribution in [-0.2, 0) is 9.53 Å². The van der Waals surface area contributed by atoms with Gasteiger partial charge in [0, 0.05) is 30.1 Å². The minimum Gasteiger partial charge on any atom is -0.387 e. The minimum absolute atomic E-state index is 0.00947. The summed E-state index contributed by atoms with van der Waals surface area (Å²) in [6, 6.07) is 3.82. The molecule has 1 aromatic heterocycles. The van der Waals surface area contributed by atoms with Gasteiger partial charge in [0.15, 0.2) is 0 Å². The van der Waals surface area contributed by atoms with Crippen molar-refractivity contribution >= 4 is 17.2 Å². The van der Waals surface area contributed by atoms with Gasteiger partial charge >= 0.3 is 0 Å². The molecule has 21 heavy (non-hydrogen) atoms. The molecule has 0 spiro atoms. The Bertz CT molecular complexity index is 429. The summed E-state index contributed by atoms with van der Waals surface area (Å²) in [5, 5.41) is 15.1. The summed E-state index contributed by atoms with van der Waals surface area (Å²) in [6.45, 7) is 5.46. The Morgan fingerprint density at radius 1 is 1.48 bits per heavy atom. The second kappa shape index (κ2) is 7.92. The third-order valence-corrected chi connectivity index (χ3v) is 5.20. The topological polar surface area (TPSA) is 58.6 Å². The zero-order chi connectivity index (χ0) is 15.2. The van der Waals surface area contributed by atoms with Crippen LogP contribution in [0.2, 0.25) is 0 Å². The van der Waals surface area contributed by atoms with Crippen LogP contribution in [0.15, 0.2) is 17.5 Å². The Labute approximate surface area is 130 Å². The molecule has 1 saturated heterocycles. The first-order valence-electron chi connectivity index (χ1n) is 7.67. The van der Waals surface area contributed by atoms with Crippen molar-refractivity contribution in [1.29, 1.82) is 0 Å². The fourth-order valence-electron chi connectivity index (χ4n) is 2.80. The van der Waals surface area contributed by atoms with E-state index in [1.807, 2.05) is 31.4 Å². The van der Waals surface area contributed by atoms with Gasteiger partial charge in [-0.05, 0) is 43.6 Å². The second-order valence-corrected chi connectivity index (χ2v) is 6.89. The Hall–Kier alpha value is -0.910. The van der Waals surface area contributed by atoms with Crippen molar-refractivity contribution < 1.29 is 14.6 Å². The van der Waals surface area contributed by atoms with Gasteiger partial charge in [0.1, 0.15) is 0 Å². The molecule has 2 N–H and O–H groups in total. The number of thiophene rings is 1. The zero-order valence-corrected chi connectivity index (χ0v) is 13.6. The zero-order valence-electron chi connectivity index (χ0n) is 12.7. The van der Waals surface area contributed by atoms with Gasteiger partial charge in [-0.25, -0.2) is 0 Å². The Morgan fingerprint density at radius 2 is 2.19 bits per heavy atom. The Morgan fingerprint density at radius 3 is 2.81 bits per heavy atom. The van der Waals surface area contributed by atoms with Crippen LogP contribution in [0, 0.1) is 11.8 Å². The summed E-state index contributed by atoms with van der Waals surface area (Å²) in [7, 11) is 0. The van der Waals surface area contributed by atoms with E-state index in [0.717, 1.165) is 30.9 Å². The fourth-order valence-corrected chi connectivity index (χ4v) is 3.52. The van der Waals surface area contributed by atoms with E-state index in [2.05, 4.69) is 5.32 Å². The van der Waals surface area contributed by atoms with Crippen LogP contribution < -0.4 is 5.32 Å². The largest absolute Gasteiger partial charge is 0.387 e. The standard InChI is InChI=1S/C16H25NO3S/c1-11(10-14(18)15-4-3-9-21-15)17-16(19)12(2)13-5-7-20-8-6-13/h3-4,9,11-14,18H,5-8,10H2,1-2H3,(H,17,19). The van der Waals surface area contributed by atoms with Crippen molar-refractivity contribution in [2.45, 2.75) is 45.3 Å². The second-order valence-electron chi connectivity index (χ2n) is 5.92. The van der Waals surface area contributed by atoms with Crippen LogP contribution in [0.5, 0.6) is 0 Å². The lowest BCUT2D eigenvalue weighted by atomic mass is 9.86. The summed E-state index contributed by atoms with van der Waals surface area (Å²) < 4.78 is 5.34. The van der Waals surface area contributed by atoms with Gasteiger partial charge < -0.3 is 15.2 Å². The molecular weight excluding hydrogens is 286 g/mol. The molecule has 4 nitrogen and oxygen atoms in total. The molecule has 0 aromatic carbocycles. The number of carbonyl (C=O) groups excluding carboxylic acids is 1. The highest BCUT2D eigenvalue weighted by Crippen LogP contribution is 2.25. The summed E-state index contributed by atoms with van der Waals surface area (Å²) in [6.07, 6.45) is 1.97. The first-order valence-corrected chi connectivity index (χ1v) is 8.55. The van der Waals surface area contributed by atoms with Crippen LogP contribution in [0.1, 0.15) is 44.1 Å². The van der Waals surface area contributed by atoms with Crippen molar-refractivity contribution in [3.8, 4) is 0 Å². The summed E-state index contributed by atoms with van der Waals surface area (Å²) in [5.41, 5.74) is 0. The van der Waals surface area contributed by atoms with E-state index >= 15 is 0 Å². The molecule has 118 valence electrons. The Balaban J connectivity index is 1.78. The average molecular weight is 311 g/mol. The van der Waals surface area contributed by atoms with E-state index < -0.39 is 6.10 Å². The van der Waals surface area contributed by atoms with E-state index in [-0.39, 0.29) is 17.9 Å². The predicted molar refractivity (Wildman–Crippen MR) is 84.2 cm³/mol. The van der Waals surface area contributed by atoms with Gasteiger partial charge in [0.2, 0.25) is 5.91 Å². The van der Waals surface area contributed by atoms with Crippen molar-refractivity contribution in [3.05, 3.63) is 22.4 Å². The minimum atomic E-state index is -0.501. The monoisotopic (exact) mass is 311 g/mol. The number of aliphatic hydroxyl groups excluding tert-OH is 1. The van der Waals surface area contributed by atoms with Crippen LogP contribution in [0.3, 0.4) is 0 Å². The number of ether oxygens (including phenoxy) is 1. The fraction of sp³-hybridized carbons (Fsp3) is 0.688. The molecule has 0 aliphatic carbocycles. The van der Waals surface area contributed by atoms with Gasteiger partial charge in [0.25, 0.3) is 0 Å². The SMILES string of the molecule is CC(CC(O)c1cccs1)NC(=O)C(C)C1CCOCC1. The van der Waals surface area contributed by atoms with Crippen LogP contribution >= 0.6 is 11.3 Å². The molecule has 0 saturated carbocycles. The number of nitrogens with one attached hydrogen (secondary N) is 1. The number of hydrogen-bond donors (Lipinski definition) is 2. The first-order chi connectivity index (χ1) is 10.1. The van der Waals surface area contributed by atoms with Gasteiger partial charge in [-0.1, -0.05) is 13.0 Å². The quantitative estimate of drug-likeness (QED) is 0.849. The van der Waals surface area contributed by atoms with Gasteiger partial charge in [-0.2, -0.15) is 0 Å². The highest BCUT2D eigenvalue weighted by molar-refractivity contribution is 7.10. The van der Waals surface area contributed by atoms with E-state index in [4.69, 9.17) is 4.74 Å². The summed E-state index contributed by atoms with van der Waals surface area (Å²) >= 11 is 1.54. The maximum Gasteiger partial charge on any atom is 0.223 e. The molecule has 1 aliphatic heterocycles. The van der Waals surface area contributed by atoms with Gasteiger partial charge in [-0.3, -0.25) is 4.79 Å². The number of carbonyl (C=O) groups is 1. The summed E-state index contributed by atoms with van der Waals surface area (Å²) in [5.74, 6) is 0.510. The van der Waals surface area contributed by atoms with Crippen molar-refractivity contribution in [2.24, 2.45) is 11.8 Å². The Kier molecular flexibility index (Phi) is 6.21. The van der Waals surface area contributed by atoms with Crippen LogP contribution in [0.25, 0.3) is 0 Å². The lowest BCUT2D eigenvalue weighted by molar-refractivity contribution is -0.128. The van der Waals surface area contributed by atoms with Crippen molar-refractivity contribution in [3.63, 3.8) is 0 Å². The molecule has 5 heteroatoms. The van der Waals surface area contributed by atoms with Crippen LogP contribution in [0.4, 0.5) is 0 Å². The summed E-state index contributed by atoms with van der Waals surface area (Å²) in [4.78, 5) is 13.2. The molecular formula is C16H25NO3S. The number of hydrogen-bond acceptors (Lipinski definition) is 4. The molecule has 1 fully saturated rings. The van der Waals surface area contributed by atoms with Crippen molar-refractivity contribution in [1.82, 2.24) is 5.32 Å². The van der Waals surface area contributed by atoms with E-state index in [0.29, 0.717) is 12.3 Å². The first kappa shape index (κ1) is 16.5. The maximum absolute atomic E-state index is 12.3. The lowest BCUT2D eigenvalue weighted by Crippen LogP contribution is -2.40. The molecule has 3 unspecified atom stereocenters. The van der Waals surface area contributed by atoms with Gasteiger partial charge in [0.05, 0.1) is 6.10 Å². The normalized spacial score (nSPS) is 20.7. The van der Waals surface area contributed by atoms with E-state index in [1.54, 1.807) is 11.3 Å². The number of rotatable bonds is 6. The third-order valence-electron chi connectivity index (χ3n) is 4.22. The highest BCUT2D eigenvalue weighted by Gasteiger charge is 2.27. The molecule has 1 aliphatic rings. The molecule has 1 aromatic rings. The van der Waals surface area contributed by atoms with Crippen molar-refractivity contribution in [2.75, 3.05) is 13.2 Å².